The molecule has 26 heavy (non-hydrogen) atoms. The first-order chi connectivity index (χ1) is 12.6. The molecule has 140 valence electrons. The molecule has 3 heterocycles. The second kappa shape index (κ2) is 8.79. The van der Waals surface area contributed by atoms with Crippen LogP contribution in [-0.2, 0) is 4.74 Å². The normalized spacial score (nSPS) is 17.0. The Kier molecular flexibility index (Phi) is 6.45. The Bertz CT molecular complexity index is 734. The number of nitrogens with one attached hydrogen (secondary N) is 1. The zero-order chi connectivity index (χ0) is 18.5. The highest BCUT2D eigenvalue weighted by atomic mass is 32.1. The Morgan fingerprint density at radius 1 is 1.27 bits per heavy atom. The maximum absolute atomic E-state index is 12.5. The van der Waals surface area contributed by atoms with E-state index in [1.165, 1.54) is 24.8 Å². The molecule has 2 aromatic heterocycles. The number of amides is 1. The van der Waals surface area contributed by atoms with Crippen LogP contribution >= 0.6 is 22.7 Å². The molecule has 1 fully saturated rings. The molecule has 1 aliphatic heterocycles. The molecule has 1 amide bonds. The van der Waals surface area contributed by atoms with Crippen LogP contribution in [0.4, 0.5) is 0 Å². The average Bonchev–Trinajstić information content (AvgIpc) is 3.34. The molecule has 1 aliphatic rings. The largest absolute Gasteiger partial charge is 0.465 e. The molecule has 5 nitrogen and oxygen atoms in total. The van der Waals surface area contributed by atoms with E-state index in [1.54, 1.807) is 23.5 Å². The lowest BCUT2D eigenvalue weighted by atomic mass is 9.97. The summed E-state index contributed by atoms with van der Waals surface area (Å²) in [4.78, 5) is 28.8. The summed E-state index contributed by atoms with van der Waals surface area (Å²) in [6.07, 6.45) is 2.40. The number of carbonyl (C=O) groups is 2. The summed E-state index contributed by atoms with van der Waals surface area (Å²) in [5, 5.41) is 5.13. The summed E-state index contributed by atoms with van der Waals surface area (Å²) in [5.41, 5.74) is 0. The number of esters is 1. The van der Waals surface area contributed by atoms with Crippen molar-refractivity contribution in [3.63, 3.8) is 0 Å². The molecule has 0 aliphatic carbocycles. The topological polar surface area (TPSA) is 58.6 Å². The Hall–Kier alpha value is -1.70. The Balaban J connectivity index is 1.65. The minimum atomic E-state index is -0.409. The molecular formula is C19H24N2O3S2. The summed E-state index contributed by atoms with van der Waals surface area (Å²) in [5.74, 6) is 0.220. The lowest BCUT2D eigenvalue weighted by Gasteiger charge is -2.36. The van der Waals surface area contributed by atoms with Crippen LogP contribution in [0.2, 0.25) is 0 Å². The van der Waals surface area contributed by atoms with Crippen molar-refractivity contribution in [3.05, 3.63) is 44.3 Å². The number of thiophene rings is 2. The molecule has 0 radical (unpaired) electrons. The fraction of sp³-hybridized carbons (Fsp3) is 0.474. The Morgan fingerprint density at radius 3 is 2.65 bits per heavy atom. The highest BCUT2D eigenvalue weighted by molar-refractivity contribution is 7.15. The van der Waals surface area contributed by atoms with E-state index in [4.69, 9.17) is 4.74 Å². The third-order valence-corrected chi connectivity index (χ3v) is 6.84. The van der Waals surface area contributed by atoms with E-state index < -0.39 is 5.97 Å². The molecule has 2 aromatic rings. The lowest BCUT2D eigenvalue weighted by molar-refractivity contribution is 0.0606. The van der Waals surface area contributed by atoms with Gasteiger partial charge in [0.05, 0.1) is 18.0 Å². The van der Waals surface area contributed by atoms with Crippen LogP contribution in [-0.4, -0.2) is 43.5 Å². The number of methoxy groups -OCH3 is 1. The van der Waals surface area contributed by atoms with E-state index in [0.29, 0.717) is 16.3 Å². The molecule has 1 unspecified atom stereocenters. The fourth-order valence-corrected chi connectivity index (χ4v) is 4.88. The molecule has 0 aromatic carbocycles. The quantitative estimate of drug-likeness (QED) is 0.760. The second-order valence-corrected chi connectivity index (χ2v) is 8.68. The third kappa shape index (κ3) is 4.52. The van der Waals surface area contributed by atoms with E-state index in [-0.39, 0.29) is 11.9 Å². The minimum absolute atomic E-state index is 0.142. The second-order valence-electron chi connectivity index (χ2n) is 6.62. The molecular weight excluding hydrogens is 368 g/mol. The summed E-state index contributed by atoms with van der Waals surface area (Å²) in [6.45, 7) is 4.99. The molecule has 0 spiro atoms. The predicted molar refractivity (Wildman–Crippen MR) is 105 cm³/mol. The van der Waals surface area contributed by atoms with E-state index in [9.17, 15) is 9.59 Å². The number of ether oxygens (including phenoxy) is 1. The van der Waals surface area contributed by atoms with Crippen molar-refractivity contribution in [1.82, 2.24) is 10.2 Å². The van der Waals surface area contributed by atoms with Gasteiger partial charge < -0.3 is 10.1 Å². The predicted octanol–water partition coefficient (Wildman–Crippen LogP) is 3.80. The lowest BCUT2D eigenvalue weighted by Crippen LogP contribution is -2.41. The number of piperidine rings is 1. The van der Waals surface area contributed by atoms with Gasteiger partial charge in [-0.15, -0.1) is 22.7 Å². The van der Waals surface area contributed by atoms with Gasteiger partial charge >= 0.3 is 5.97 Å². The molecule has 7 heteroatoms. The highest BCUT2D eigenvalue weighted by Gasteiger charge is 2.26. The first-order valence-corrected chi connectivity index (χ1v) is 10.5. The van der Waals surface area contributed by atoms with Crippen LogP contribution < -0.4 is 5.32 Å². The summed E-state index contributed by atoms with van der Waals surface area (Å²) in [6, 6.07) is 7.71. The molecule has 0 bridgehead atoms. The van der Waals surface area contributed by atoms with Gasteiger partial charge in [0, 0.05) is 11.4 Å². The van der Waals surface area contributed by atoms with Crippen molar-refractivity contribution < 1.29 is 14.3 Å². The third-order valence-electron chi connectivity index (χ3n) is 4.80. The van der Waals surface area contributed by atoms with Gasteiger partial charge in [0.15, 0.2) is 0 Å². The van der Waals surface area contributed by atoms with Crippen LogP contribution in [0.5, 0.6) is 0 Å². The van der Waals surface area contributed by atoms with Crippen LogP contribution in [0.3, 0.4) is 0 Å². The number of carbonyl (C=O) groups excluding carboxylic acids is 2. The molecule has 0 saturated carbocycles. The van der Waals surface area contributed by atoms with Crippen LogP contribution in [0, 0.1) is 5.92 Å². The first kappa shape index (κ1) is 19.1. The summed E-state index contributed by atoms with van der Waals surface area (Å²) >= 11 is 2.89. The SMILES string of the molecule is COC(=O)c1ccc(C(=O)NCC(c2cccs2)N2CCC(C)CC2)s1. The van der Waals surface area contributed by atoms with E-state index in [0.717, 1.165) is 30.3 Å². The van der Waals surface area contributed by atoms with Gasteiger partial charge in [-0.2, -0.15) is 0 Å². The first-order valence-electron chi connectivity index (χ1n) is 8.82. The van der Waals surface area contributed by atoms with Crippen molar-refractivity contribution in [3.8, 4) is 0 Å². The monoisotopic (exact) mass is 392 g/mol. The van der Waals surface area contributed by atoms with Crippen LogP contribution in [0.25, 0.3) is 0 Å². The van der Waals surface area contributed by atoms with Crippen molar-refractivity contribution in [2.24, 2.45) is 5.92 Å². The van der Waals surface area contributed by atoms with Crippen molar-refractivity contribution in [2.45, 2.75) is 25.8 Å². The molecule has 1 saturated heterocycles. The number of likely N-dealkylation sites (tertiary alicyclic amines) is 1. The number of hydrogen-bond donors (Lipinski definition) is 1. The summed E-state index contributed by atoms with van der Waals surface area (Å²) < 4.78 is 4.70. The van der Waals surface area contributed by atoms with Crippen molar-refractivity contribution >= 4 is 34.6 Å². The molecule has 1 N–H and O–H groups in total. The number of hydrogen-bond acceptors (Lipinski definition) is 6. The van der Waals surface area contributed by atoms with Gasteiger partial charge in [0.25, 0.3) is 5.91 Å². The van der Waals surface area contributed by atoms with Crippen molar-refractivity contribution in [1.29, 1.82) is 0 Å². The van der Waals surface area contributed by atoms with Gasteiger partial charge in [0.1, 0.15) is 4.88 Å². The van der Waals surface area contributed by atoms with Gasteiger partial charge in [-0.25, -0.2) is 4.79 Å². The van der Waals surface area contributed by atoms with Gasteiger partial charge in [-0.05, 0) is 55.4 Å². The summed E-state index contributed by atoms with van der Waals surface area (Å²) in [7, 11) is 1.34. The van der Waals surface area contributed by atoms with Crippen molar-refractivity contribution in [2.75, 3.05) is 26.7 Å². The van der Waals surface area contributed by atoms with Gasteiger partial charge in [-0.1, -0.05) is 13.0 Å². The number of rotatable bonds is 6. The number of nitrogens with zero attached hydrogens (tertiary/aromatic N) is 1. The zero-order valence-corrected chi connectivity index (χ0v) is 16.7. The smallest absolute Gasteiger partial charge is 0.348 e. The minimum Gasteiger partial charge on any atom is -0.465 e. The zero-order valence-electron chi connectivity index (χ0n) is 15.1. The van der Waals surface area contributed by atoms with Gasteiger partial charge in [0.2, 0.25) is 0 Å². The van der Waals surface area contributed by atoms with Crippen LogP contribution in [0.1, 0.15) is 50.0 Å². The maximum atomic E-state index is 12.5. The average molecular weight is 393 g/mol. The standard InChI is InChI=1S/C19H24N2O3S2/c1-13-7-9-21(10-8-13)14(15-4-3-11-25-15)12-20-18(22)16-5-6-17(26-16)19(23)24-2/h3-6,11,13-14H,7-10,12H2,1-2H3,(H,20,22). The van der Waals surface area contributed by atoms with Gasteiger partial charge in [-0.3, -0.25) is 9.69 Å². The fourth-order valence-electron chi connectivity index (χ4n) is 3.18. The van der Waals surface area contributed by atoms with E-state index in [1.807, 2.05) is 0 Å². The van der Waals surface area contributed by atoms with Crippen LogP contribution in [0.15, 0.2) is 29.6 Å². The Morgan fingerprint density at radius 2 is 2.00 bits per heavy atom. The molecule has 3 rings (SSSR count). The Labute approximate surface area is 162 Å². The maximum Gasteiger partial charge on any atom is 0.348 e. The molecule has 1 atom stereocenters. The van der Waals surface area contributed by atoms with E-state index >= 15 is 0 Å². The highest BCUT2D eigenvalue weighted by Crippen LogP contribution is 2.29. The van der Waals surface area contributed by atoms with E-state index in [2.05, 4.69) is 34.7 Å².